The molecule has 4 nitrogen and oxygen atoms in total. The van der Waals surface area contributed by atoms with Gasteiger partial charge in [0, 0.05) is 11.8 Å². The summed E-state index contributed by atoms with van der Waals surface area (Å²) in [6, 6.07) is 9.63. The van der Waals surface area contributed by atoms with E-state index in [1.54, 1.807) is 10.9 Å². The van der Waals surface area contributed by atoms with Crippen molar-refractivity contribution in [2.75, 3.05) is 5.73 Å². The highest BCUT2D eigenvalue weighted by Crippen LogP contribution is 2.13. The number of hydrogen-bond donors (Lipinski definition) is 2. The van der Waals surface area contributed by atoms with E-state index >= 15 is 0 Å². The summed E-state index contributed by atoms with van der Waals surface area (Å²) < 4.78 is 1.65. The lowest BCUT2D eigenvalue weighted by Gasteiger charge is -1.98. The Labute approximate surface area is 81.6 Å². The van der Waals surface area contributed by atoms with Crippen LogP contribution in [-0.4, -0.2) is 14.9 Å². The minimum absolute atomic E-state index is 0.0847. The van der Waals surface area contributed by atoms with Crippen molar-refractivity contribution in [1.29, 1.82) is 0 Å². The lowest BCUT2D eigenvalue weighted by Crippen LogP contribution is -1.95. The van der Waals surface area contributed by atoms with Crippen LogP contribution in [0.15, 0.2) is 36.5 Å². The molecule has 1 aromatic heterocycles. The van der Waals surface area contributed by atoms with Crippen molar-refractivity contribution in [3.63, 3.8) is 0 Å². The van der Waals surface area contributed by atoms with Crippen molar-refractivity contribution in [3.8, 4) is 5.69 Å². The van der Waals surface area contributed by atoms with Crippen LogP contribution >= 0.6 is 0 Å². The van der Waals surface area contributed by atoms with Gasteiger partial charge < -0.3 is 10.8 Å². The summed E-state index contributed by atoms with van der Waals surface area (Å²) in [4.78, 5) is 0. The normalized spacial score (nSPS) is 10.4. The first kappa shape index (κ1) is 8.77. The van der Waals surface area contributed by atoms with Crippen LogP contribution in [0.25, 0.3) is 5.69 Å². The predicted octanol–water partition coefficient (Wildman–Crippen LogP) is 0.947. The number of nitrogen functional groups attached to an aromatic ring is 1. The monoisotopic (exact) mass is 189 g/mol. The molecule has 0 bridgehead atoms. The van der Waals surface area contributed by atoms with E-state index < -0.39 is 0 Å². The molecule has 1 aromatic carbocycles. The molecule has 2 aromatic rings. The van der Waals surface area contributed by atoms with Crippen LogP contribution in [0, 0.1) is 0 Å². The number of aromatic nitrogens is 2. The third kappa shape index (κ3) is 1.47. The number of aliphatic hydroxyl groups excluding tert-OH is 1. The predicted molar refractivity (Wildman–Crippen MR) is 53.9 cm³/mol. The van der Waals surface area contributed by atoms with Gasteiger partial charge in [0.25, 0.3) is 0 Å². The number of para-hydroxylation sites is 1. The van der Waals surface area contributed by atoms with Gasteiger partial charge in [-0.15, -0.1) is 0 Å². The first-order valence-electron chi connectivity index (χ1n) is 4.31. The molecule has 14 heavy (non-hydrogen) atoms. The van der Waals surface area contributed by atoms with Crippen LogP contribution in [0.4, 0.5) is 5.82 Å². The van der Waals surface area contributed by atoms with E-state index in [1.165, 1.54) is 0 Å². The summed E-state index contributed by atoms with van der Waals surface area (Å²) in [5.41, 5.74) is 7.17. The van der Waals surface area contributed by atoms with Crippen LogP contribution in [0.3, 0.4) is 0 Å². The summed E-state index contributed by atoms with van der Waals surface area (Å²) in [7, 11) is 0. The van der Waals surface area contributed by atoms with Gasteiger partial charge in [0.2, 0.25) is 0 Å². The molecule has 0 aliphatic rings. The number of nitrogens with two attached hydrogens (primary N) is 1. The Bertz CT molecular complexity index is 422. The average molecular weight is 189 g/mol. The average Bonchev–Trinajstić information content (AvgIpc) is 2.61. The minimum Gasteiger partial charge on any atom is -0.391 e. The molecule has 0 saturated heterocycles. The molecular weight excluding hydrogens is 178 g/mol. The molecule has 2 rings (SSSR count). The van der Waals surface area contributed by atoms with Crippen molar-refractivity contribution < 1.29 is 5.11 Å². The molecule has 0 unspecified atom stereocenters. The minimum atomic E-state index is -0.0847. The van der Waals surface area contributed by atoms with E-state index in [-0.39, 0.29) is 6.61 Å². The van der Waals surface area contributed by atoms with E-state index in [2.05, 4.69) is 5.10 Å². The third-order valence-corrected chi connectivity index (χ3v) is 2.01. The summed E-state index contributed by atoms with van der Waals surface area (Å²) in [6.45, 7) is -0.0847. The van der Waals surface area contributed by atoms with E-state index in [0.717, 1.165) is 5.69 Å². The summed E-state index contributed by atoms with van der Waals surface area (Å²) in [5, 5.41) is 13.0. The molecule has 72 valence electrons. The molecule has 0 aliphatic heterocycles. The molecule has 0 aliphatic carbocycles. The molecule has 3 N–H and O–H groups in total. The highest BCUT2D eigenvalue weighted by atomic mass is 16.3. The number of anilines is 1. The van der Waals surface area contributed by atoms with Gasteiger partial charge in [-0.3, -0.25) is 0 Å². The zero-order chi connectivity index (χ0) is 9.97. The SMILES string of the molecule is Nc1nn(-c2ccccc2)cc1CO. The fourth-order valence-electron chi connectivity index (χ4n) is 1.26. The zero-order valence-electron chi connectivity index (χ0n) is 7.59. The topological polar surface area (TPSA) is 64.1 Å². The smallest absolute Gasteiger partial charge is 0.151 e. The third-order valence-electron chi connectivity index (χ3n) is 2.01. The largest absolute Gasteiger partial charge is 0.391 e. The number of rotatable bonds is 2. The highest BCUT2D eigenvalue weighted by molar-refractivity contribution is 5.41. The fraction of sp³-hybridized carbons (Fsp3) is 0.100. The van der Waals surface area contributed by atoms with Crippen molar-refractivity contribution in [3.05, 3.63) is 42.1 Å². The molecule has 0 fully saturated rings. The molecule has 0 spiro atoms. The van der Waals surface area contributed by atoms with Gasteiger partial charge in [0.05, 0.1) is 12.3 Å². The Morgan fingerprint density at radius 1 is 1.29 bits per heavy atom. The van der Waals surface area contributed by atoms with Gasteiger partial charge in [-0.05, 0) is 12.1 Å². The van der Waals surface area contributed by atoms with Gasteiger partial charge >= 0.3 is 0 Å². The molecule has 1 heterocycles. The second kappa shape index (κ2) is 3.51. The van der Waals surface area contributed by atoms with E-state index in [0.29, 0.717) is 11.4 Å². The van der Waals surface area contributed by atoms with Gasteiger partial charge in [-0.1, -0.05) is 18.2 Å². The molecular formula is C10H11N3O. The maximum absolute atomic E-state index is 8.95. The lowest BCUT2D eigenvalue weighted by atomic mass is 10.3. The van der Waals surface area contributed by atoms with E-state index in [4.69, 9.17) is 10.8 Å². The Balaban J connectivity index is 2.43. The van der Waals surface area contributed by atoms with E-state index in [9.17, 15) is 0 Å². The van der Waals surface area contributed by atoms with Crippen molar-refractivity contribution in [1.82, 2.24) is 9.78 Å². The maximum Gasteiger partial charge on any atom is 0.151 e. The van der Waals surface area contributed by atoms with Crippen molar-refractivity contribution in [2.24, 2.45) is 0 Å². The molecule has 0 amide bonds. The van der Waals surface area contributed by atoms with E-state index in [1.807, 2.05) is 30.3 Å². The van der Waals surface area contributed by atoms with Gasteiger partial charge in [-0.25, -0.2) is 4.68 Å². The van der Waals surface area contributed by atoms with Crippen LogP contribution in [-0.2, 0) is 6.61 Å². The molecule has 4 heteroatoms. The van der Waals surface area contributed by atoms with Crippen molar-refractivity contribution >= 4 is 5.82 Å². The van der Waals surface area contributed by atoms with Gasteiger partial charge in [-0.2, -0.15) is 5.10 Å². The Morgan fingerprint density at radius 2 is 2.00 bits per heavy atom. The zero-order valence-corrected chi connectivity index (χ0v) is 7.59. The fourth-order valence-corrected chi connectivity index (χ4v) is 1.26. The van der Waals surface area contributed by atoms with Crippen LogP contribution in [0.1, 0.15) is 5.56 Å². The van der Waals surface area contributed by atoms with Gasteiger partial charge in [0.15, 0.2) is 5.82 Å². The van der Waals surface area contributed by atoms with Crippen LogP contribution < -0.4 is 5.73 Å². The maximum atomic E-state index is 8.95. The number of aliphatic hydroxyl groups is 1. The quantitative estimate of drug-likeness (QED) is 0.739. The van der Waals surface area contributed by atoms with Crippen LogP contribution in [0.5, 0.6) is 0 Å². The van der Waals surface area contributed by atoms with Crippen LogP contribution in [0.2, 0.25) is 0 Å². The Hall–Kier alpha value is -1.81. The molecule has 0 saturated carbocycles. The first-order valence-corrected chi connectivity index (χ1v) is 4.31. The number of hydrogen-bond acceptors (Lipinski definition) is 3. The molecule has 0 radical (unpaired) electrons. The standard InChI is InChI=1S/C10H11N3O/c11-10-8(7-14)6-13(12-10)9-4-2-1-3-5-9/h1-6,14H,7H2,(H2,11,12). The van der Waals surface area contributed by atoms with Gasteiger partial charge in [0.1, 0.15) is 0 Å². The van der Waals surface area contributed by atoms with Crippen molar-refractivity contribution in [2.45, 2.75) is 6.61 Å². The number of benzene rings is 1. The first-order chi connectivity index (χ1) is 6.81. The Kier molecular flexibility index (Phi) is 2.20. The summed E-state index contributed by atoms with van der Waals surface area (Å²) in [6.07, 6.45) is 1.73. The highest BCUT2D eigenvalue weighted by Gasteiger charge is 2.04. The second-order valence-electron chi connectivity index (χ2n) is 2.98. The summed E-state index contributed by atoms with van der Waals surface area (Å²) in [5.74, 6) is 0.372. The lowest BCUT2D eigenvalue weighted by molar-refractivity contribution is 0.282. The Morgan fingerprint density at radius 3 is 2.57 bits per heavy atom. The number of nitrogens with zero attached hydrogens (tertiary/aromatic N) is 2. The summed E-state index contributed by atoms with van der Waals surface area (Å²) >= 11 is 0. The second-order valence-corrected chi connectivity index (χ2v) is 2.98. The molecule has 0 atom stereocenters.